The minimum atomic E-state index is -4.54. The number of halogens is 5. The second kappa shape index (κ2) is 9.98. The summed E-state index contributed by atoms with van der Waals surface area (Å²) in [6, 6.07) is 16.6. The first-order valence-corrected chi connectivity index (χ1v) is 10.1. The summed E-state index contributed by atoms with van der Waals surface area (Å²) in [4.78, 5) is 12.2. The molecule has 3 rings (SSSR count). The Morgan fingerprint density at radius 2 is 1.87 bits per heavy atom. The van der Waals surface area contributed by atoms with E-state index in [1.165, 1.54) is 12.3 Å². The van der Waals surface area contributed by atoms with Gasteiger partial charge in [-0.1, -0.05) is 51.8 Å². The monoisotopic (exact) mass is 510 g/mol. The van der Waals surface area contributed by atoms with E-state index in [2.05, 4.69) is 26.5 Å². The van der Waals surface area contributed by atoms with Gasteiger partial charge in [-0.25, -0.2) is 5.43 Å². The van der Waals surface area contributed by atoms with Crippen LogP contribution in [-0.2, 0) is 12.8 Å². The maximum absolute atomic E-state index is 12.8. The lowest BCUT2D eigenvalue weighted by Gasteiger charge is -2.11. The Kier molecular flexibility index (Phi) is 7.35. The molecular formula is C22H15BrClF3N2O2. The predicted molar refractivity (Wildman–Crippen MR) is 116 cm³/mol. The zero-order valence-corrected chi connectivity index (χ0v) is 18.1. The summed E-state index contributed by atoms with van der Waals surface area (Å²) >= 11 is 9.50. The van der Waals surface area contributed by atoms with Gasteiger partial charge in [0.15, 0.2) is 0 Å². The highest BCUT2D eigenvalue weighted by molar-refractivity contribution is 9.10. The van der Waals surface area contributed by atoms with Gasteiger partial charge in [0.1, 0.15) is 12.4 Å². The Morgan fingerprint density at radius 3 is 2.61 bits per heavy atom. The molecule has 4 nitrogen and oxygen atoms in total. The summed E-state index contributed by atoms with van der Waals surface area (Å²) in [7, 11) is 0. The van der Waals surface area contributed by atoms with E-state index in [1.807, 2.05) is 18.2 Å². The lowest BCUT2D eigenvalue weighted by molar-refractivity contribution is -0.137. The molecule has 160 valence electrons. The number of hydrazone groups is 1. The molecule has 0 aliphatic rings. The second-order valence-corrected chi connectivity index (χ2v) is 7.66. The van der Waals surface area contributed by atoms with E-state index in [9.17, 15) is 18.0 Å². The fourth-order valence-electron chi connectivity index (χ4n) is 2.58. The van der Waals surface area contributed by atoms with Gasteiger partial charge < -0.3 is 4.74 Å². The molecule has 0 spiro atoms. The zero-order chi connectivity index (χ0) is 22.4. The third kappa shape index (κ3) is 6.32. The highest BCUT2D eigenvalue weighted by Gasteiger charge is 2.30. The van der Waals surface area contributed by atoms with E-state index >= 15 is 0 Å². The molecule has 3 aromatic carbocycles. The highest BCUT2D eigenvalue weighted by Crippen LogP contribution is 2.29. The summed E-state index contributed by atoms with van der Waals surface area (Å²) in [5.74, 6) is -0.281. The first-order chi connectivity index (χ1) is 14.7. The molecule has 0 atom stereocenters. The molecule has 0 aliphatic heterocycles. The van der Waals surface area contributed by atoms with Crippen LogP contribution < -0.4 is 10.2 Å². The van der Waals surface area contributed by atoms with Gasteiger partial charge in [0.2, 0.25) is 0 Å². The van der Waals surface area contributed by atoms with Crippen molar-refractivity contribution < 1.29 is 22.7 Å². The smallest absolute Gasteiger partial charge is 0.416 e. The fraction of sp³-hybridized carbons (Fsp3) is 0.0909. The number of hydrogen-bond acceptors (Lipinski definition) is 3. The summed E-state index contributed by atoms with van der Waals surface area (Å²) in [6.45, 7) is 0.221. The molecule has 0 unspecified atom stereocenters. The summed E-state index contributed by atoms with van der Waals surface area (Å²) in [5, 5.41) is 4.42. The van der Waals surface area contributed by atoms with Crippen LogP contribution in [0.5, 0.6) is 5.75 Å². The van der Waals surface area contributed by atoms with Crippen LogP contribution in [0.2, 0.25) is 5.02 Å². The minimum absolute atomic E-state index is 0.156. The number of carbonyl (C=O) groups is 1. The average molecular weight is 512 g/mol. The Bertz CT molecular complexity index is 1120. The van der Waals surface area contributed by atoms with E-state index in [4.69, 9.17) is 16.3 Å². The number of amides is 1. The van der Waals surface area contributed by atoms with Crippen molar-refractivity contribution in [3.05, 3.63) is 98.5 Å². The Hall–Kier alpha value is -2.84. The van der Waals surface area contributed by atoms with Crippen LogP contribution in [0.25, 0.3) is 0 Å². The fourth-order valence-corrected chi connectivity index (χ4v) is 3.15. The van der Waals surface area contributed by atoms with Gasteiger partial charge in [0.05, 0.1) is 11.8 Å². The van der Waals surface area contributed by atoms with Crippen molar-refractivity contribution >= 4 is 39.7 Å². The standard InChI is InChI=1S/C22H15BrClF3N2O2/c23-18-8-9-20(31-13-15-4-1-2-7-19(15)24)16(11-18)12-28-29-21(30)14-5-3-6-17(10-14)22(25,26)27/h1-12H,13H2,(H,29,30)/b28-12-. The van der Waals surface area contributed by atoms with Gasteiger partial charge in [0.25, 0.3) is 5.91 Å². The van der Waals surface area contributed by atoms with Crippen molar-refractivity contribution in [1.29, 1.82) is 0 Å². The van der Waals surface area contributed by atoms with E-state index in [-0.39, 0.29) is 12.2 Å². The summed E-state index contributed by atoms with van der Waals surface area (Å²) < 4.78 is 45.0. The molecular weight excluding hydrogens is 497 g/mol. The Labute approximate surface area is 189 Å². The SMILES string of the molecule is O=C(N/N=C\c1cc(Br)ccc1OCc1ccccc1Cl)c1cccc(C(F)(F)F)c1. The van der Waals surface area contributed by atoms with Gasteiger partial charge in [-0.2, -0.15) is 18.3 Å². The first-order valence-electron chi connectivity index (χ1n) is 8.90. The van der Waals surface area contributed by atoms with Gasteiger partial charge in [-0.15, -0.1) is 0 Å². The van der Waals surface area contributed by atoms with Gasteiger partial charge in [-0.05, 0) is 42.5 Å². The quantitative estimate of drug-likeness (QED) is 0.305. The van der Waals surface area contributed by atoms with Crippen molar-refractivity contribution in [1.82, 2.24) is 5.43 Å². The predicted octanol–water partition coefficient (Wildman–Crippen LogP) is 6.46. The largest absolute Gasteiger partial charge is 0.488 e. The molecule has 1 N–H and O–H groups in total. The molecule has 1 amide bonds. The number of hydrogen-bond donors (Lipinski definition) is 1. The molecule has 3 aromatic rings. The zero-order valence-electron chi connectivity index (χ0n) is 15.8. The van der Waals surface area contributed by atoms with E-state index in [1.54, 1.807) is 24.3 Å². The van der Waals surface area contributed by atoms with Crippen LogP contribution in [0.4, 0.5) is 13.2 Å². The van der Waals surface area contributed by atoms with Gasteiger partial charge in [0, 0.05) is 26.2 Å². The number of nitrogens with zero attached hydrogens (tertiary/aromatic N) is 1. The molecule has 0 saturated heterocycles. The maximum Gasteiger partial charge on any atom is 0.416 e. The third-order valence-electron chi connectivity index (χ3n) is 4.13. The van der Waals surface area contributed by atoms with Gasteiger partial charge in [-0.3, -0.25) is 4.79 Å². The van der Waals surface area contributed by atoms with Crippen molar-refractivity contribution in [2.45, 2.75) is 12.8 Å². The Morgan fingerprint density at radius 1 is 1.10 bits per heavy atom. The normalized spacial score (nSPS) is 11.5. The van der Waals surface area contributed by atoms with Crippen LogP contribution >= 0.6 is 27.5 Å². The molecule has 0 aromatic heterocycles. The van der Waals surface area contributed by atoms with Crippen molar-refractivity contribution in [3.8, 4) is 5.75 Å². The molecule has 0 bridgehead atoms. The van der Waals surface area contributed by atoms with Crippen molar-refractivity contribution in [2.24, 2.45) is 5.10 Å². The molecule has 9 heteroatoms. The topological polar surface area (TPSA) is 50.7 Å². The van der Waals surface area contributed by atoms with E-state index < -0.39 is 17.6 Å². The van der Waals surface area contributed by atoms with Crippen LogP contribution in [0.1, 0.15) is 27.0 Å². The van der Waals surface area contributed by atoms with Crippen molar-refractivity contribution in [3.63, 3.8) is 0 Å². The summed E-state index contributed by atoms with van der Waals surface area (Å²) in [5.41, 5.74) is 2.51. The molecule has 0 heterocycles. The Balaban J connectivity index is 1.71. The van der Waals surface area contributed by atoms with Gasteiger partial charge >= 0.3 is 6.18 Å². The summed E-state index contributed by atoms with van der Waals surface area (Å²) in [6.07, 6.45) is -3.19. The number of nitrogens with one attached hydrogen (secondary N) is 1. The molecule has 0 radical (unpaired) electrons. The first kappa shape index (κ1) is 22.8. The lowest BCUT2D eigenvalue weighted by Crippen LogP contribution is -2.18. The number of rotatable bonds is 6. The van der Waals surface area contributed by atoms with Crippen LogP contribution in [-0.4, -0.2) is 12.1 Å². The third-order valence-corrected chi connectivity index (χ3v) is 5.00. The lowest BCUT2D eigenvalue weighted by atomic mass is 10.1. The number of benzene rings is 3. The molecule has 0 saturated carbocycles. The maximum atomic E-state index is 12.8. The molecule has 0 fully saturated rings. The van der Waals surface area contributed by atoms with E-state index in [0.29, 0.717) is 16.3 Å². The second-order valence-electron chi connectivity index (χ2n) is 6.34. The van der Waals surface area contributed by atoms with Crippen LogP contribution in [0.15, 0.2) is 76.3 Å². The van der Waals surface area contributed by atoms with Crippen LogP contribution in [0, 0.1) is 0 Å². The number of alkyl halides is 3. The number of ether oxygens (including phenoxy) is 1. The molecule has 0 aliphatic carbocycles. The average Bonchev–Trinajstić information content (AvgIpc) is 2.73. The molecule has 31 heavy (non-hydrogen) atoms. The van der Waals surface area contributed by atoms with Crippen LogP contribution in [0.3, 0.4) is 0 Å². The number of carbonyl (C=O) groups excluding carboxylic acids is 1. The minimum Gasteiger partial charge on any atom is -0.488 e. The highest BCUT2D eigenvalue weighted by atomic mass is 79.9. The van der Waals surface area contributed by atoms with E-state index in [0.717, 1.165) is 28.2 Å². The van der Waals surface area contributed by atoms with Crippen molar-refractivity contribution in [2.75, 3.05) is 0 Å².